The molecule has 0 saturated carbocycles. The van der Waals surface area contributed by atoms with E-state index in [9.17, 15) is 14.4 Å². The van der Waals surface area contributed by atoms with Crippen molar-refractivity contribution in [2.24, 2.45) is 12.8 Å². The Morgan fingerprint density at radius 1 is 1.05 bits per heavy atom. The van der Waals surface area contributed by atoms with E-state index in [1.807, 2.05) is 60.3 Å². The van der Waals surface area contributed by atoms with Gasteiger partial charge in [0.05, 0.1) is 12.5 Å². The van der Waals surface area contributed by atoms with Crippen LogP contribution in [0.4, 0.5) is 0 Å². The van der Waals surface area contributed by atoms with Crippen LogP contribution < -0.4 is 19.9 Å². The molecule has 2 heterocycles. The molecule has 5 rings (SSSR count). The van der Waals surface area contributed by atoms with Crippen molar-refractivity contribution in [1.29, 1.82) is 0 Å². The lowest BCUT2D eigenvalue weighted by Gasteiger charge is -2.17. The molecule has 9 nitrogen and oxygen atoms in total. The van der Waals surface area contributed by atoms with Crippen molar-refractivity contribution in [2.75, 3.05) is 13.4 Å². The second-order valence-electron chi connectivity index (χ2n) is 9.35. The predicted octanol–water partition coefficient (Wildman–Crippen LogP) is 4.46. The van der Waals surface area contributed by atoms with Crippen LogP contribution >= 0.6 is 11.9 Å². The number of aromatic nitrogens is 1. The van der Waals surface area contributed by atoms with E-state index in [0.29, 0.717) is 36.5 Å². The highest BCUT2D eigenvalue weighted by atomic mass is 32.2. The Labute approximate surface area is 235 Å². The van der Waals surface area contributed by atoms with Gasteiger partial charge in [-0.1, -0.05) is 24.3 Å². The smallest absolute Gasteiger partial charge is 0.306 e. The summed E-state index contributed by atoms with van der Waals surface area (Å²) in [4.78, 5) is 38.1. The average Bonchev–Trinajstić information content (AvgIpc) is 3.55. The summed E-state index contributed by atoms with van der Waals surface area (Å²) >= 11 is 1.22. The Morgan fingerprint density at radius 2 is 1.82 bits per heavy atom. The third kappa shape index (κ3) is 5.76. The first kappa shape index (κ1) is 27.1. The lowest BCUT2D eigenvalue weighted by molar-refractivity contribution is -0.143. The zero-order valence-electron chi connectivity index (χ0n) is 22.1. The number of esters is 1. The van der Waals surface area contributed by atoms with E-state index in [4.69, 9.17) is 19.9 Å². The summed E-state index contributed by atoms with van der Waals surface area (Å²) in [5.41, 5.74) is 9.20. The SMILES string of the molecule is CCOC(=O)CCc1ccc(SNC(=O)C(c2ccc3c(c2)OCO3)c2cn(C)c3cc(C(N)=O)ccc23)cc1. The van der Waals surface area contributed by atoms with E-state index in [-0.39, 0.29) is 18.7 Å². The van der Waals surface area contributed by atoms with Gasteiger partial charge in [0.2, 0.25) is 18.6 Å². The molecule has 1 aromatic heterocycles. The molecule has 206 valence electrons. The number of primary amides is 1. The molecule has 3 aromatic carbocycles. The van der Waals surface area contributed by atoms with Crippen LogP contribution in [-0.2, 0) is 27.8 Å². The van der Waals surface area contributed by atoms with Crippen LogP contribution in [-0.4, -0.2) is 35.8 Å². The van der Waals surface area contributed by atoms with E-state index in [1.54, 1.807) is 25.1 Å². The van der Waals surface area contributed by atoms with Gasteiger partial charge in [0, 0.05) is 41.0 Å². The number of carbonyl (C=O) groups excluding carboxylic acids is 3. The number of fused-ring (bicyclic) bond motifs is 2. The molecule has 0 aliphatic carbocycles. The van der Waals surface area contributed by atoms with Crippen molar-refractivity contribution in [3.8, 4) is 11.5 Å². The molecule has 3 N–H and O–H groups in total. The Balaban J connectivity index is 1.40. The fourth-order valence-electron chi connectivity index (χ4n) is 4.74. The van der Waals surface area contributed by atoms with Crippen molar-refractivity contribution in [1.82, 2.24) is 9.29 Å². The van der Waals surface area contributed by atoms with E-state index < -0.39 is 11.8 Å². The second kappa shape index (κ2) is 11.7. The number of benzene rings is 3. The number of ether oxygens (including phenoxy) is 3. The minimum atomic E-state index is -0.672. The standard InChI is InChI=1S/C30H29N3O6S/c1-3-37-27(34)13-6-18-4-9-21(10-5-18)40-32-30(36)28(19-8-12-25-26(15-19)39-17-38-25)23-16-33(2)24-14-20(29(31)35)7-11-22(23)24/h4-5,7-12,14-16,28H,3,6,13,17H2,1-2H3,(H2,31,35)(H,32,36). The number of nitrogens with zero attached hydrogens (tertiary/aromatic N) is 1. The summed E-state index contributed by atoms with van der Waals surface area (Å²) in [6.07, 6.45) is 2.80. The molecule has 40 heavy (non-hydrogen) atoms. The van der Waals surface area contributed by atoms with Crippen molar-refractivity contribution < 1.29 is 28.6 Å². The maximum atomic E-state index is 13.8. The molecule has 2 amide bonds. The summed E-state index contributed by atoms with van der Waals surface area (Å²) in [5.74, 6) is -0.419. The zero-order valence-corrected chi connectivity index (χ0v) is 23.0. The van der Waals surface area contributed by atoms with Gasteiger partial charge in [-0.05, 0) is 78.4 Å². The van der Waals surface area contributed by atoms with Crippen LogP contribution in [0.1, 0.15) is 46.3 Å². The molecule has 0 spiro atoms. The molecule has 4 aromatic rings. The molecule has 1 unspecified atom stereocenters. The molecule has 1 atom stereocenters. The second-order valence-corrected chi connectivity index (χ2v) is 10.2. The van der Waals surface area contributed by atoms with E-state index in [0.717, 1.165) is 32.5 Å². The first-order valence-corrected chi connectivity index (χ1v) is 13.6. The summed E-state index contributed by atoms with van der Waals surface area (Å²) in [6, 6.07) is 18.4. The van der Waals surface area contributed by atoms with Crippen LogP contribution in [0, 0.1) is 0 Å². The summed E-state index contributed by atoms with van der Waals surface area (Å²) in [7, 11) is 1.86. The van der Waals surface area contributed by atoms with E-state index in [1.165, 1.54) is 11.9 Å². The first-order chi connectivity index (χ1) is 19.3. The minimum Gasteiger partial charge on any atom is -0.466 e. The molecule has 1 aliphatic rings. The maximum Gasteiger partial charge on any atom is 0.306 e. The van der Waals surface area contributed by atoms with Gasteiger partial charge in [-0.15, -0.1) is 0 Å². The molecular weight excluding hydrogens is 530 g/mol. The fourth-order valence-corrected chi connectivity index (χ4v) is 5.34. The molecule has 1 aliphatic heterocycles. The van der Waals surface area contributed by atoms with Gasteiger partial charge < -0.3 is 24.5 Å². The van der Waals surface area contributed by atoms with Crippen molar-refractivity contribution in [3.05, 3.63) is 89.1 Å². The van der Waals surface area contributed by atoms with Crippen LogP contribution in [0.5, 0.6) is 11.5 Å². The molecule has 10 heteroatoms. The lowest BCUT2D eigenvalue weighted by Crippen LogP contribution is -2.25. The lowest BCUT2D eigenvalue weighted by atomic mass is 9.90. The number of nitrogens with one attached hydrogen (secondary N) is 1. The van der Waals surface area contributed by atoms with Gasteiger partial charge in [-0.2, -0.15) is 0 Å². The zero-order chi connectivity index (χ0) is 28.2. The van der Waals surface area contributed by atoms with E-state index in [2.05, 4.69) is 4.72 Å². The minimum absolute atomic E-state index is 0.130. The Kier molecular flexibility index (Phi) is 7.97. The number of carbonyl (C=O) groups is 3. The van der Waals surface area contributed by atoms with Crippen LogP contribution in [0.3, 0.4) is 0 Å². The first-order valence-electron chi connectivity index (χ1n) is 12.8. The Hall–Kier alpha value is -4.44. The summed E-state index contributed by atoms with van der Waals surface area (Å²) in [6.45, 7) is 2.29. The number of amides is 2. The number of aryl methyl sites for hydroxylation is 2. The van der Waals surface area contributed by atoms with E-state index >= 15 is 0 Å². The van der Waals surface area contributed by atoms with Gasteiger partial charge in [0.1, 0.15) is 0 Å². The molecule has 0 bridgehead atoms. The van der Waals surface area contributed by atoms with Crippen LogP contribution in [0.15, 0.2) is 71.8 Å². The highest BCUT2D eigenvalue weighted by Crippen LogP contribution is 2.39. The third-order valence-corrected chi connectivity index (χ3v) is 7.54. The highest BCUT2D eigenvalue weighted by molar-refractivity contribution is 7.98. The molecule has 0 saturated heterocycles. The van der Waals surface area contributed by atoms with Gasteiger partial charge in [0.25, 0.3) is 0 Å². The summed E-state index contributed by atoms with van der Waals surface area (Å²) < 4.78 is 20.9. The number of rotatable bonds is 10. The molecular formula is C30H29N3O6S. The van der Waals surface area contributed by atoms with Crippen LogP contribution in [0.25, 0.3) is 10.9 Å². The van der Waals surface area contributed by atoms with Gasteiger partial charge in [0.15, 0.2) is 11.5 Å². The fraction of sp³-hybridized carbons (Fsp3) is 0.233. The van der Waals surface area contributed by atoms with Gasteiger partial charge in [-0.3, -0.25) is 19.1 Å². The quantitative estimate of drug-likeness (QED) is 0.217. The number of hydrogen-bond donors (Lipinski definition) is 2. The largest absolute Gasteiger partial charge is 0.466 e. The van der Waals surface area contributed by atoms with Crippen molar-refractivity contribution >= 4 is 40.6 Å². The van der Waals surface area contributed by atoms with Gasteiger partial charge in [-0.25, -0.2) is 0 Å². The Bertz CT molecular complexity index is 1580. The predicted molar refractivity (Wildman–Crippen MR) is 151 cm³/mol. The van der Waals surface area contributed by atoms with Gasteiger partial charge >= 0.3 is 5.97 Å². The van der Waals surface area contributed by atoms with Crippen molar-refractivity contribution in [2.45, 2.75) is 30.6 Å². The summed E-state index contributed by atoms with van der Waals surface area (Å²) in [5, 5.41) is 0.835. The third-order valence-electron chi connectivity index (χ3n) is 6.73. The van der Waals surface area contributed by atoms with Crippen molar-refractivity contribution in [3.63, 3.8) is 0 Å². The normalized spacial score (nSPS) is 12.8. The highest BCUT2D eigenvalue weighted by Gasteiger charge is 2.29. The Morgan fingerprint density at radius 3 is 2.58 bits per heavy atom. The average molecular weight is 560 g/mol. The number of hydrogen-bond acceptors (Lipinski definition) is 7. The van der Waals surface area contributed by atoms with Crippen LogP contribution in [0.2, 0.25) is 0 Å². The molecule has 0 radical (unpaired) electrons. The monoisotopic (exact) mass is 559 g/mol. The molecule has 0 fully saturated rings. The number of nitrogens with two attached hydrogens (primary N) is 1. The maximum absolute atomic E-state index is 13.8. The topological polar surface area (TPSA) is 122 Å².